The minimum Gasteiger partial charge on any atom is -0.370 e. The van der Waals surface area contributed by atoms with Gasteiger partial charge in [-0.2, -0.15) is 0 Å². The molecule has 0 saturated carbocycles. The number of likely N-dealkylation sites (tertiary alicyclic amines) is 1. The Morgan fingerprint density at radius 2 is 1.61 bits per heavy atom. The van der Waals surface area contributed by atoms with Gasteiger partial charge in [-0.25, -0.2) is 0 Å². The molecule has 2 aromatic rings. The van der Waals surface area contributed by atoms with Crippen LogP contribution in [0.2, 0.25) is 0 Å². The van der Waals surface area contributed by atoms with Gasteiger partial charge in [-0.1, -0.05) is 54.6 Å². The smallest absolute Gasteiger partial charge is 0.229 e. The average Bonchev–Trinajstić information content (AvgIpc) is 2.73. The lowest BCUT2D eigenvalue weighted by atomic mass is 9.89. The van der Waals surface area contributed by atoms with Crippen LogP contribution in [0.4, 0.5) is 0 Å². The van der Waals surface area contributed by atoms with E-state index in [0.29, 0.717) is 18.8 Å². The minimum absolute atomic E-state index is 0.0781. The zero-order valence-electron chi connectivity index (χ0n) is 16.6. The summed E-state index contributed by atoms with van der Waals surface area (Å²) in [4.78, 5) is 25.7. The monoisotopic (exact) mass is 378 g/mol. The van der Waals surface area contributed by atoms with Gasteiger partial charge in [0.25, 0.3) is 0 Å². The number of rotatable bonds is 7. The lowest BCUT2D eigenvalue weighted by Crippen LogP contribution is -2.40. The van der Waals surface area contributed by atoms with Crippen molar-refractivity contribution in [2.24, 2.45) is 11.7 Å². The van der Waals surface area contributed by atoms with E-state index in [1.165, 1.54) is 5.56 Å². The molecule has 1 unspecified atom stereocenters. The SMILES string of the molecule is CC(C(=O)N1CCC(Cc2ccc(CCC(N)=O)cc2)CC1)c1ccccc1. The quantitative estimate of drug-likeness (QED) is 0.799. The summed E-state index contributed by atoms with van der Waals surface area (Å²) in [6.45, 7) is 3.69. The third kappa shape index (κ3) is 5.44. The fourth-order valence-electron chi connectivity index (χ4n) is 3.96. The van der Waals surface area contributed by atoms with Crippen molar-refractivity contribution in [3.63, 3.8) is 0 Å². The molecular weight excluding hydrogens is 348 g/mol. The summed E-state index contributed by atoms with van der Waals surface area (Å²) in [7, 11) is 0. The van der Waals surface area contributed by atoms with E-state index in [1.54, 1.807) is 0 Å². The second-order valence-corrected chi connectivity index (χ2v) is 7.89. The number of benzene rings is 2. The van der Waals surface area contributed by atoms with Gasteiger partial charge in [0.1, 0.15) is 0 Å². The summed E-state index contributed by atoms with van der Waals surface area (Å²) >= 11 is 0. The van der Waals surface area contributed by atoms with E-state index < -0.39 is 0 Å². The summed E-state index contributed by atoms with van der Waals surface area (Å²) in [5, 5.41) is 0. The second-order valence-electron chi connectivity index (χ2n) is 7.89. The number of nitrogens with zero attached hydrogens (tertiary/aromatic N) is 1. The van der Waals surface area contributed by atoms with E-state index in [2.05, 4.69) is 24.3 Å². The van der Waals surface area contributed by atoms with Crippen LogP contribution in [0.25, 0.3) is 0 Å². The maximum absolute atomic E-state index is 12.8. The lowest BCUT2D eigenvalue weighted by molar-refractivity contribution is -0.133. The standard InChI is InChI=1S/C24H30N2O2/c1-18(22-5-3-2-4-6-22)24(28)26-15-13-21(14-16-26)17-20-9-7-19(8-10-20)11-12-23(25)27/h2-10,18,21H,11-17H2,1H3,(H2,25,27). The molecule has 0 aliphatic carbocycles. The Morgan fingerprint density at radius 3 is 2.21 bits per heavy atom. The maximum atomic E-state index is 12.8. The molecule has 0 spiro atoms. The number of primary amides is 1. The number of nitrogens with two attached hydrogens (primary N) is 1. The van der Waals surface area contributed by atoms with Gasteiger partial charge in [-0.3, -0.25) is 9.59 Å². The zero-order chi connectivity index (χ0) is 19.9. The van der Waals surface area contributed by atoms with Crippen LogP contribution in [0.15, 0.2) is 54.6 Å². The molecule has 2 N–H and O–H groups in total. The second kappa shape index (κ2) is 9.54. The van der Waals surface area contributed by atoms with Crippen molar-refractivity contribution in [3.05, 3.63) is 71.3 Å². The van der Waals surface area contributed by atoms with Crippen LogP contribution in [0, 0.1) is 5.92 Å². The first-order valence-corrected chi connectivity index (χ1v) is 10.2. The number of hydrogen-bond acceptors (Lipinski definition) is 2. The Labute approximate surface area is 167 Å². The first kappa shape index (κ1) is 20.1. The summed E-state index contributed by atoms with van der Waals surface area (Å²) in [6, 6.07) is 18.5. The van der Waals surface area contributed by atoms with Crippen LogP contribution in [-0.2, 0) is 22.4 Å². The fourth-order valence-corrected chi connectivity index (χ4v) is 3.96. The van der Waals surface area contributed by atoms with Crippen LogP contribution >= 0.6 is 0 Å². The highest BCUT2D eigenvalue weighted by Gasteiger charge is 2.26. The van der Waals surface area contributed by atoms with Crippen LogP contribution in [0.3, 0.4) is 0 Å². The maximum Gasteiger partial charge on any atom is 0.229 e. The Balaban J connectivity index is 1.47. The van der Waals surface area contributed by atoms with Gasteiger partial charge in [0.15, 0.2) is 0 Å². The van der Waals surface area contributed by atoms with Crippen molar-refractivity contribution in [1.82, 2.24) is 4.90 Å². The van der Waals surface area contributed by atoms with Gasteiger partial charge >= 0.3 is 0 Å². The largest absolute Gasteiger partial charge is 0.370 e. The first-order chi connectivity index (χ1) is 13.5. The summed E-state index contributed by atoms with van der Waals surface area (Å²) in [5.74, 6) is 0.522. The van der Waals surface area contributed by atoms with Gasteiger partial charge in [0.2, 0.25) is 11.8 Å². The van der Waals surface area contributed by atoms with Crippen LogP contribution in [-0.4, -0.2) is 29.8 Å². The number of carbonyl (C=O) groups is 2. The highest BCUT2D eigenvalue weighted by Crippen LogP contribution is 2.25. The van der Waals surface area contributed by atoms with Gasteiger partial charge < -0.3 is 10.6 Å². The molecule has 28 heavy (non-hydrogen) atoms. The zero-order valence-corrected chi connectivity index (χ0v) is 16.6. The van der Waals surface area contributed by atoms with E-state index in [-0.39, 0.29) is 17.7 Å². The molecule has 0 radical (unpaired) electrons. The van der Waals surface area contributed by atoms with E-state index in [0.717, 1.165) is 43.5 Å². The fraction of sp³-hybridized carbons (Fsp3) is 0.417. The van der Waals surface area contributed by atoms with Crippen molar-refractivity contribution in [1.29, 1.82) is 0 Å². The Bertz CT molecular complexity index is 778. The van der Waals surface area contributed by atoms with E-state index in [4.69, 9.17) is 5.73 Å². The normalized spacial score (nSPS) is 16.0. The van der Waals surface area contributed by atoms with Crippen molar-refractivity contribution in [2.75, 3.05) is 13.1 Å². The molecule has 0 bridgehead atoms. The molecule has 0 aromatic heterocycles. The molecule has 3 rings (SSSR count). The average molecular weight is 379 g/mol. The van der Waals surface area contributed by atoms with Crippen molar-refractivity contribution >= 4 is 11.8 Å². The molecule has 2 amide bonds. The van der Waals surface area contributed by atoms with Crippen molar-refractivity contribution in [2.45, 2.75) is 44.9 Å². The topological polar surface area (TPSA) is 63.4 Å². The third-order valence-electron chi connectivity index (χ3n) is 5.80. The first-order valence-electron chi connectivity index (χ1n) is 10.2. The number of piperidine rings is 1. The summed E-state index contributed by atoms with van der Waals surface area (Å²) < 4.78 is 0. The lowest BCUT2D eigenvalue weighted by Gasteiger charge is -2.34. The molecule has 1 aliphatic rings. The third-order valence-corrected chi connectivity index (χ3v) is 5.80. The predicted molar refractivity (Wildman–Crippen MR) is 112 cm³/mol. The number of hydrogen-bond donors (Lipinski definition) is 1. The highest BCUT2D eigenvalue weighted by atomic mass is 16.2. The van der Waals surface area contributed by atoms with E-state index in [1.807, 2.05) is 42.2 Å². The molecule has 1 saturated heterocycles. The van der Waals surface area contributed by atoms with Gasteiger partial charge in [-0.05, 0) is 55.2 Å². The van der Waals surface area contributed by atoms with Gasteiger partial charge in [-0.15, -0.1) is 0 Å². The molecular formula is C24H30N2O2. The predicted octanol–water partition coefficient (Wildman–Crippen LogP) is 3.69. The Kier molecular flexibility index (Phi) is 6.85. The van der Waals surface area contributed by atoms with Crippen molar-refractivity contribution < 1.29 is 9.59 Å². The number of amides is 2. The van der Waals surface area contributed by atoms with Crippen LogP contribution < -0.4 is 5.73 Å². The molecule has 4 nitrogen and oxygen atoms in total. The van der Waals surface area contributed by atoms with E-state index in [9.17, 15) is 9.59 Å². The minimum atomic E-state index is -0.257. The molecule has 1 atom stereocenters. The van der Waals surface area contributed by atoms with E-state index >= 15 is 0 Å². The Morgan fingerprint density at radius 1 is 1.00 bits per heavy atom. The number of carbonyl (C=O) groups excluding carboxylic acids is 2. The molecule has 1 heterocycles. The summed E-state index contributed by atoms with van der Waals surface area (Å²) in [6.07, 6.45) is 4.25. The molecule has 2 aromatic carbocycles. The Hall–Kier alpha value is -2.62. The molecule has 4 heteroatoms. The summed E-state index contributed by atoms with van der Waals surface area (Å²) in [5.41, 5.74) is 8.78. The molecule has 1 fully saturated rings. The highest BCUT2D eigenvalue weighted by molar-refractivity contribution is 5.83. The van der Waals surface area contributed by atoms with Crippen LogP contribution in [0.1, 0.15) is 48.8 Å². The van der Waals surface area contributed by atoms with Crippen molar-refractivity contribution in [3.8, 4) is 0 Å². The van der Waals surface area contributed by atoms with Gasteiger partial charge in [0.05, 0.1) is 5.92 Å². The van der Waals surface area contributed by atoms with Gasteiger partial charge in [0, 0.05) is 19.5 Å². The van der Waals surface area contributed by atoms with Crippen LogP contribution in [0.5, 0.6) is 0 Å². The molecule has 1 aliphatic heterocycles. The number of aryl methyl sites for hydroxylation is 1. The molecule has 148 valence electrons.